The third kappa shape index (κ3) is 4.64. The van der Waals surface area contributed by atoms with Crippen LogP contribution in [0.25, 0.3) is 0 Å². The van der Waals surface area contributed by atoms with E-state index in [0.717, 1.165) is 37.7 Å². The topological polar surface area (TPSA) is 44.8 Å². The number of hydrogen-bond acceptors (Lipinski definition) is 4. The molecule has 2 aliphatic heterocycles. The third-order valence-electron chi connectivity index (χ3n) is 5.31. The van der Waals surface area contributed by atoms with E-state index < -0.39 is 11.7 Å². The standard InChI is InChI=1S/C21H22F3N3O2/c22-21(23,24)16-2-1-3-17(13-16)27-10-8-26(9-11-27)7-6-15-4-5-18-19(12-15)29-14-20(28)25-18/h1-5,12-13H,6-11,14H2,(H,25,28). The van der Waals surface area contributed by atoms with Gasteiger partial charge < -0.3 is 15.0 Å². The first-order valence-corrected chi connectivity index (χ1v) is 9.59. The Balaban J connectivity index is 1.30. The van der Waals surface area contributed by atoms with Crippen LogP contribution in [0.3, 0.4) is 0 Å². The lowest BCUT2D eigenvalue weighted by atomic mass is 10.1. The van der Waals surface area contributed by atoms with Gasteiger partial charge in [0.05, 0.1) is 11.3 Å². The van der Waals surface area contributed by atoms with Crippen molar-refractivity contribution in [1.29, 1.82) is 0 Å². The summed E-state index contributed by atoms with van der Waals surface area (Å²) in [6.45, 7) is 3.89. The summed E-state index contributed by atoms with van der Waals surface area (Å²) in [4.78, 5) is 15.7. The SMILES string of the molecule is O=C1COc2cc(CCN3CCN(c4cccc(C(F)(F)F)c4)CC3)ccc2N1. The van der Waals surface area contributed by atoms with Crippen LogP contribution < -0.4 is 15.0 Å². The van der Waals surface area contributed by atoms with Crippen molar-refractivity contribution in [3.63, 3.8) is 0 Å². The Morgan fingerprint density at radius 3 is 2.59 bits per heavy atom. The molecule has 29 heavy (non-hydrogen) atoms. The molecule has 5 nitrogen and oxygen atoms in total. The van der Waals surface area contributed by atoms with E-state index in [1.165, 1.54) is 12.1 Å². The molecule has 0 spiro atoms. The minimum absolute atomic E-state index is 0.0357. The van der Waals surface area contributed by atoms with E-state index in [0.29, 0.717) is 30.2 Å². The van der Waals surface area contributed by atoms with Crippen LogP contribution in [0.5, 0.6) is 5.75 Å². The van der Waals surface area contributed by atoms with Crippen molar-refractivity contribution in [3.8, 4) is 5.75 Å². The maximum Gasteiger partial charge on any atom is 0.416 e. The second-order valence-electron chi connectivity index (χ2n) is 7.29. The lowest BCUT2D eigenvalue weighted by Gasteiger charge is -2.36. The third-order valence-corrected chi connectivity index (χ3v) is 5.31. The lowest BCUT2D eigenvalue weighted by molar-refractivity contribution is -0.137. The van der Waals surface area contributed by atoms with E-state index in [1.54, 1.807) is 6.07 Å². The maximum atomic E-state index is 12.9. The number of piperazine rings is 1. The van der Waals surface area contributed by atoms with Crippen molar-refractivity contribution in [2.24, 2.45) is 0 Å². The van der Waals surface area contributed by atoms with Crippen molar-refractivity contribution in [1.82, 2.24) is 4.90 Å². The second-order valence-corrected chi connectivity index (χ2v) is 7.29. The summed E-state index contributed by atoms with van der Waals surface area (Å²) in [7, 11) is 0. The number of alkyl halides is 3. The fourth-order valence-electron chi connectivity index (χ4n) is 3.67. The molecular formula is C21H22F3N3O2. The summed E-state index contributed by atoms with van der Waals surface area (Å²) in [6.07, 6.45) is -3.48. The normalized spacial score (nSPS) is 17.5. The van der Waals surface area contributed by atoms with Crippen LogP contribution in [-0.2, 0) is 17.4 Å². The van der Waals surface area contributed by atoms with Crippen LogP contribution >= 0.6 is 0 Å². The number of benzene rings is 2. The van der Waals surface area contributed by atoms with Gasteiger partial charge in [-0.15, -0.1) is 0 Å². The Morgan fingerprint density at radius 2 is 1.83 bits per heavy atom. The van der Waals surface area contributed by atoms with E-state index in [4.69, 9.17) is 4.74 Å². The van der Waals surface area contributed by atoms with Crippen LogP contribution in [0.15, 0.2) is 42.5 Å². The average Bonchev–Trinajstić information content (AvgIpc) is 2.72. The van der Waals surface area contributed by atoms with E-state index in [-0.39, 0.29) is 12.5 Å². The summed E-state index contributed by atoms with van der Waals surface area (Å²) < 4.78 is 44.2. The Hall–Kier alpha value is -2.74. The van der Waals surface area contributed by atoms with Gasteiger partial charge >= 0.3 is 6.18 Å². The van der Waals surface area contributed by atoms with Gasteiger partial charge in [-0.2, -0.15) is 13.2 Å². The van der Waals surface area contributed by atoms with Crippen molar-refractivity contribution in [2.45, 2.75) is 12.6 Å². The van der Waals surface area contributed by atoms with Crippen molar-refractivity contribution in [2.75, 3.05) is 49.5 Å². The minimum atomic E-state index is -4.32. The Kier molecular flexibility index (Phi) is 5.36. The average molecular weight is 405 g/mol. The number of anilines is 2. The highest BCUT2D eigenvalue weighted by Gasteiger charge is 2.31. The molecule has 0 unspecified atom stereocenters. The van der Waals surface area contributed by atoms with E-state index in [2.05, 4.69) is 10.2 Å². The Morgan fingerprint density at radius 1 is 1.03 bits per heavy atom. The smallest absolute Gasteiger partial charge is 0.416 e. The van der Waals surface area contributed by atoms with Crippen molar-refractivity contribution in [3.05, 3.63) is 53.6 Å². The monoisotopic (exact) mass is 405 g/mol. The molecule has 154 valence electrons. The number of fused-ring (bicyclic) bond motifs is 1. The maximum absolute atomic E-state index is 12.9. The van der Waals surface area contributed by atoms with Gasteiger partial charge in [0.2, 0.25) is 0 Å². The Bertz CT molecular complexity index is 893. The number of nitrogens with one attached hydrogen (secondary N) is 1. The first-order valence-electron chi connectivity index (χ1n) is 9.59. The highest BCUT2D eigenvalue weighted by atomic mass is 19.4. The van der Waals surface area contributed by atoms with E-state index in [9.17, 15) is 18.0 Å². The zero-order valence-electron chi connectivity index (χ0n) is 15.8. The number of amides is 1. The van der Waals surface area contributed by atoms with Gasteiger partial charge in [-0.25, -0.2) is 0 Å². The molecule has 0 saturated carbocycles. The molecule has 0 radical (unpaired) electrons. The largest absolute Gasteiger partial charge is 0.482 e. The zero-order chi connectivity index (χ0) is 20.4. The predicted octanol–water partition coefficient (Wildman–Crippen LogP) is 3.40. The van der Waals surface area contributed by atoms with E-state index >= 15 is 0 Å². The van der Waals surface area contributed by atoms with Gasteiger partial charge in [0.25, 0.3) is 5.91 Å². The number of rotatable bonds is 4. The molecule has 0 aromatic heterocycles. The Labute approximate surface area is 167 Å². The highest BCUT2D eigenvalue weighted by Crippen LogP contribution is 2.32. The molecule has 2 aliphatic rings. The van der Waals surface area contributed by atoms with Gasteiger partial charge in [-0.1, -0.05) is 12.1 Å². The molecule has 2 aromatic carbocycles. The van der Waals surface area contributed by atoms with Gasteiger partial charge in [0.1, 0.15) is 5.75 Å². The fourth-order valence-corrected chi connectivity index (χ4v) is 3.67. The van der Waals surface area contributed by atoms with Gasteiger partial charge in [-0.3, -0.25) is 9.69 Å². The van der Waals surface area contributed by atoms with Gasteiger partial charge in [0.15, 0.2) is 6.61 Å². The first-order chi connectivity index (χ1) is 13.9. The van der Waals surface area contributed by atoms with Crippen LogP contribution in [0.2, 0.25) is 0 Å². The summed E-state index contributed by atoms with van der Waals surface area (Å²) >= 11 is 0. The quantitative estimate of drug-likeness (QED) is 0.847. The molecule has 2 heterocycles. The van der Waals surface area contributed by atoms with Gasteiger partial charge in [-0.05, 0) is 42.3 Å². The summed E-state index contributed by atoms with van der Waals surface area (Å²) in [5.74, 6) is 0.542. The molecule has 0 atom stereocenters. The summed E-state index contributed by atoms with van der Waals surface area (Å²) in [5.41, 5.74) is 1.83. The highest BCUT2D eigenvalue weighted by molar-refractivity contribution is 5.95. The molecule has 4 rings (SSSR count). The molecule has 0 bridgehead atoms. The number of hydrogen-bond donors (Lipinski definition) is 1. The molecule has 8 heteroatoms. The summed E-state index contributed by atoms with van der Waals surface area (Å²) in [5, 5.41) is 2.78. The number of carbonyl (C=O) groups is 1. The van der Waals surface area contributed by atoms with E-state index in [1.807, 2.05) is 23.1 Å². The molecule has 0 aliphatic carbocycles. The number of ether oxygens (including phenoxy) is 1. The zero-order valence-corrected chi connectivity index (χ0v) is 15.8. The lowest BCUT2D eigenvalue weighted by Crippen LogP contribution is -2.47. The molecule has 1 amide bonds. The molecule has 1 N–H and O–H groups in total. The first kappa shape index (κ1) is 19.6. The van der Waals surface area contributed by atoms with Crippen LogP contribution in [-0.4, -0.2) is 50.1 Å². The number of nitrogens with zero attached hydrogens (tertiary/aromatic N) is 2. The fraction of sp³-hybridized carbons (Fsp3) is 0.381. The molecule has 1 saturated heterocycles. The van der Waals surface area contributed by atoms with Crippen LogP contribution in [0, 0.1) is 0 Å². The molecule has 1 fully saturated rings. The van der Waals surface area contributed by atoms with Crippen molar-refractivity contribution >= 4 is 17.3 Å². The van der Waals surface area contributed by atoms with Crippen LogP contribution in [0.4, 0.5) is 24.5 Å². The second kappa shape index (κ2) is 7.94. The van der Waals surface area contributed by atoms with Gasteiger partial charge in [0, 0.05) is 38.4 Å². The minimum Gasteiger partial charge on any atom is -0.482 e. The molecule has 2 aromatic rings. The number of halogens is 3. The van der Waals surface area contributed by atoms with Crippen LogP contribution in [0.1, 0.15) is 11.1 Å². The predicted molar refractivity (Wildman–Crippen MR) is 104 cm³/mol. The van der Waals surface area contributed by atoms with Crippen molar-refractivity contribution < 1.29 is 22.7 Å². The summed E-state index contributed by atoms with van der Waals surface area (Å²) in [6, 6.07) is 11.3. The molecular weight excluding hydrogens is 383 g/mol. The number of carbonyl (C=O) groups excluding carboxylic acids is 1.